The van der Waals surface area contributed by atoms with Crippen molar-refractivity contribution in [3.05, 3.63) is 28.7 Å². The summed E-state index contributed by atoms with van der Waals surface area (Å²) in [4.78, 5) is 11.6. The van der Waals surface area contributed by atoms with Crippen LogP contribution in [0.1, 0.15) is 6.42 Å². The summed E-state index contributed by atoms with van der Waals surface area (Å²) < 4.78 is 17.1. The van der Waals surface area contributed by atoms with Crippen LogP contribution in [-0.2, 0) is 20.7 Å². The Morgan fingerprint density at radius 3 is 2.60 bits per heavy atom. The second-order valence-corrected chi connectivity index (χ2v) is 5.32. The largest absolute Gasteiger partial charge is 0.611 e. The van der Waals surface area contributed by atoms with E-state index in [1.165, 1.54) is 7.11 Å². The first-order valence-corrected chi connectivity index (χ1v) is 6.45. The molecule has 0 aliphatic heterocycles. The molecule has 1 aromatic carbocycles. The van der Waals surface area contributed by atoms with Crippen molar-refractivity contribution in [2.24, 2.45) is 0 Å². The van der Waals surface area contributed by atoms with E-state index in [0.717, 1.165) is 9.37 Å². The average molecular weight is 291 g/mol. The van der Waals surface area contributed by atoms with Gasteiger partial charge in [0, 0.05) is 4.47 Å². The van der Waals surface area contributed by atoms with Crippen LogP contribution >= 0.6 is 15.9 Å². The smallest absolute Gasteiger partial charge is 0.310 e. The van der Waals surface area contributed by atoms with Gasteiger partial charge in [-0.25, -0.2) is 0 Å². The first-order chi connectivity index (χ1) is 7.13. The molecule has 0 radical (unpaired) electrons. The fourth-order valence-electron chi connectivity index (χ4n) is 0.982. The fraction of sp³-hybridized carbons (Fsp3) is 0.300. The van der Waals surface area contributed by atoms with Crippen molar-refractivity contribution >= 4 is 33.1 Å². The third-order valence-corrected chi connectivity index (χ3v) is 3.70. The van der Waals surface area contributed by atoms with Gasteiger partial charge in [-0.3, -0.25) is 4.79 Å². The van der Waals surface area contributed by atoms with E-state index in [-0.39, 0.29) is 12.4 Å². The number of methoxy groups -OCH3 is 1. The van der Waals surface area contributed by atoms with Crippen LogP contribution < -0.4 is 0 Å². The van der Waals surface area contributed by atoms with Crippen molar-refractivity contribution in [3.63, 3.8) is 0 Å². The molecule has 0 aliphatic rings. The van der Waals surface area contributed by atoms with E-state index in [9.17, 15) is 9.35 Å². The van der Waals surface area contributed by atoms with Gasteiger partial charge in [0.15, 0.2) is 4.90 Å². The molecule has 0 amide bonds. The maximum Gasteiger partial charge on any atom is 0.310 e. The van der Waals surface area contributed by atoms with Crippen molar-refractivity contribution in [2.75, 3.05) is 12.9 Å². The predicted molar refractivity (Wildman–Crippen MR) is 62.1 cm³/mol. The second kappa shape index (κ2) is 6.15. The number of hydrogen-bond donors (Lipinski definition) is 0. The maximum atomic E-state index is 11.7. The lowest BCUT2D eigenvalue weighted by molar-refractivity contribution is -0.140. The van der Waals surface area contributed by atoms with Crippen molar-refractivity contribution in [1.29, 1.82) is 0 Å². The van der Waals surface area contributed by atoms with Gasteiger partial charge in [-0.05, 0) is 35.4 Å². The van der Waals surface area contributed by atoms with E-state index in [0.29, 0.717) is 5.75 Å². The van der Waals surface area contributed by atoms with Crippen LogP contribution in [0.3, 0.4) is 0 Å². The molecule has 5 heteroatoms. The van der Waals surface area contributed by atoms with Crippen LogP contribution in [0.5, 0.6) is 0 Å². The molecule has 15 heavy (non-hydrogen) atoms. The highest BCUT2D eigenvalue weighted by atomic mass is 79.9. The normalized spacial score (nSPS) is 12.2. The van der Waals surface area contributed by atoms with E-state index < -0.39 is 11.2 Å². The number of benzene rings is 1. The van der Waals surface area contributed by atoms with Crippen molar-refractivity contribution in [1.82, 2.24) is 0 Å². The summed E-state index contributed by atoms with van der Waals surface area (Å²) in [6.07, 6.45) is 0.180. The van der Waals surface area contributed by atoms with Crippen LogP contribution in [0.15, 0.2) is 33.6 Å². The number of rotatable bonds is 4. The molecule has 0 N–H and O–H groups in total. The first-order valence-electron chi connectivity index (χ1n) is 4.34. The predicted octanol–water partition coefficient (Wildman–Crippen LogP) is 2.12. The van der Waals surface area contributed by atoms with Crippen LogP contribution in [-0.4, -0.2) is 23.4 Å². The summed E-state index contributed by atoms with van der Waals surface area (Å²) >= 11 is 2.16. The summed E-state index contributed by atoms with van der Waals surface area (Å²) in [5, 5.41) is 0. The number of carbonyl (C=O) groups is 1. The minimum absolute atomic E-state index is 0.180. The number of esters is 1. The Hall–Kier alpha value is -0.520. The molecule has 0 spiro atoms. The molecule has 0 heterocycles. The fourth-order valence-corrected chi connectivity index (χ4v) is 2.27. The van der Waals surface area contributed by atoms with Crippen molar-refractivity contribution in [3.8, 4) is 0 Å². The topological polar surface area (TPSA) is 49.4 Å². The van der Waals surface area contributed by atoms with E-state index in [1.807, 2.05) is 12.1 Å². The lowest BCUT2D eigenvalue weighted by Gasteiger charge is -2.09. The molecular formula is C10H11BrO3S. The van der Waals surface area contributed by atoms with Crippen LogP contribution in [0.4, 0.5) is 0 Å². The van der Waals surface area contributed by atoms with Crippen LogP contribution in [0, 0.1) is 0 Å². The number of hydrogen-bond acceptors (Lipinski definition) is 3. The van der Waals surface area contributed by atoms with Gasteiger partial charge in [0.05, 0.1) is 13.5 Å². The van der Waals surface area contributed by atoms with Crippen LogP contribution in [0.25, 0.3) is 0 Å². The van der Waals surface area contributed by atoms with Gasteiger partial charge in [0.2, 0.25) is 0 Å². The summed E-state index contributed by atoms with van der Waals surface area (Å²) in [5.41, 5.74) is 0. The summed E-state index contributed by atoms with van der Waals surface area (Å²) in [6, 6.07) is 7.20. The molecule has 0 saturated carbocycles. The highest BCUT2D eigenvalue weighted by molar-refractivity contribution is 9.10. The number of ether oxygens (including phenoxy) is 1. The summed E-state index contributed by atoms with van der Waals surface area (Å²) in [7, 11) is 1.32. The first kappa shape index (κ1) is 12.5. The summed E-state index contributed by atoms with van der Waals surface area (Å²) in [6.45, 7) is 0. The van der Waals surface area contributed by atoms with E-state index >= 15 is 0 Å². The van der Waals surface area contributed by atoms with Gasteiger partial charge in [0.25, 0.3) is 0 Å². The van der Waals surface area contributed by atoms with Gasteiger partial charge in [-0.2, -0.15) is 0 Å². The maximum absolute atomic E-state index is 11.7. The average Bonchev–Trinajstić information content (AvgIpc) is 2.26. The van der Waals surface area contributed by atoms with Crippen molar-refractivity contribution in [2.45, 2.75) is 11.3 Å². The van der Waals surface area contributed by atoms with E-state index in [2.05, 4.69) is 20.7 Å². The number of carbonyl (C=O) groups excluding carboxylic acids is 1. The molecule has 1 unspecified atom stereocenters. The molecular weight excluding hydrogens is 280 g/mol. The lowest BCUT2D eigenvalue weighted by atomic mass is 10.4. The third kappa shape index (κ3) is 4.24. The molecule has 82 valence electrons. The molecule has 0 saturated heterocycles. The van der Waals surface area contributed by atoms with Gasteiger partial charge < -0.3 is 9.29 Å². The highest BCUT2D eigenvalue weighted by Crippen LogP contribution is 2.16. The summed E-state index contributed by atoms with van der Waals surface area (Å²) in [5.74, 6) is -0.0330. The lowest BCUT2D eigenvalue weighted by Crippen LogP contribution is -2.12. The Morgan fingerprint density at radius 2 is 2.07 bits per heavy atom. The molecule has 1 aromatic rings. The zero-order chi connectivity index (χ0) is 11.3. The standard InChI is InChI=1S/C10H11BrO3S/c1-14-10(12)6-7-15(13)9-4-2-8(11)3-5-9/h2-5H,6-7H2,1H3. The molecule has 1 rings (SSSR count). The minimum atomic E-state index is -1.14. The highest BCUT2D eigenvalue weighted by Gasteiger charge is 2.13. The molecule has 0 aliphatic carbocycles. The monoisotopic (exact) mass is 290 g/mol. The second-order valence-electron chi connectivity index (χ2n) is 2.83. The number of halogens is 1. The molecule has 1 atom stereocenters. The Labute approximate surface area is 100 Å². The minimum Gasteiger partial charge on any atom is -0.611 e. The van der Waals surface area contributed by atoms with Crippen LogP contribution in [0.2, 0.25) is 0 Å². The molecule has 0 aromatic heterocycles. The quantitative estimate of drug-likeness (QED) is 0.630. The zero-order valence-electron chi connectivity index (χ0n) is 8.23. The van der Waals surface area contributed by atoms with Gasteiger partial charge >= 0.3 is 5.97 Å². The molecule has 3 nitrogen and oxygen atoms in total. The van der Waals surface area contributed by atoms with Gasteiger partial charge in [-0.1, -0.05) is 15.9 Å². The van der Waals surface area contributed by atoms with Crippen molar-refractivity contribution < 1.29 is 14.1 Å². The third-order valence-electron chi connectivity index (χ3n) is 1.80. The molecule has 0 bridgehead atoms. The SMILES string of the molecule is COC(=O)CC[S+]([O-])c1ccc(Br)cc1. The Morgan fingerprint density at radius 1 is 1.47 bits per heavy atom. The zero-order valence-corrected chi connectivity index (χ0v) is 10.6. The van der Waals surface area contributed by atoms with E-state index in [4.69, 9.17) is 0 Å². The Bertz CT molecular complexity index is 326. The van der Waals surface area contributed by atoms with Gasteiger partial charge in [-0.15, -0.1) is 0 Å². The Kier molecular flexibility index (Phi) is 5.14. The van der Waals surface area contributed by atoms with Gasteiger partial charge in [0.1, 0.15) is 5.75 Å². The van der Waals surface area contributed by atoms with E-state index in [1.54, 1.807) is 12.1 Å². The Balaban J connectivity index is 2.50. The molecule has 0 fully saturated rings.